The Morgan fingerprint density at radius 3 is 2.07 bits per heavy atom. The average molecular weight is 272 g/mol. The molecule has 2 aromatic rings. The van der Waals surface area contributed by atoms with Crippen molar-refractivity contribution in [1.82, 2.24) is 4.98 Å². The minimum atomic E-state index is 0. The Morgan fingerprint density at radius 2 is 1.80 bits per heavy atom. The van der Waals surface area contributed by atoms with E-state index in [1.807, 2.05) is 31.2 Å². The van der Waals surface area contributed by atoms with Gasteiger partial charge in [0.05, 0.1) is 0 Å². The number of aryl methyl sites for hydroxylation is 2. The molecule has 0 aliphatic rings. The van der Waals surface area contributed by atoms with Crippen molar-refractivity contribution >= 4 is 0 Å². The molecule has 0 saturated carbocycles. The summed E-state index contributed by atoms with van der Waals surface area (Å²) >= 11 is 0. The van der Waals surface area contributed by atoms with Crippen LogP contribution in [-0.2, 0) is 32.7 Å². The van der Waals surface area contributed by atoms with Gasteiger partial charge < -0.3 is 4.98 Å². The fraction of sp³-hybridized carbons (Fsp3) is 0.154. The predicted octanol–water partition coefficient (Wildman–Crippen LogP) is 2.98. The van der Waals surface area contributed by atoms with Crippen LogP contribution >= 0.6 is 0 Å². The number of nitrogens with zero attached hydrogens (tertiary/aromatic N) is 1. The number of pyridine rings is 1. The van der Waals surface area contributed by atoms with Crippen molar-refractivity contribution in [3.8, 4) is 0 Å². The topological polar surface area (TPSA) is 12.9 Å². The van der Waals surface area contributed by atoms with Crippen LogP contribution in [0.15, 0.2) is 42.6 Å². The molecule has 0 atom stereocenters. The molecule has 0 N–H and O–H groups in total. The molecule has 0 aliphatic heterocycles. The zero-order chi connectivity index (χ0) is 10.2. The molecule has 75 valence electrons. The van der Waals surface area contributed by atoms with Crippen LogP contribution in [0.5, 0.6) is 0 Å². The van der Waals surface area contributed by atoms with Gasteiger partial charge in [-0.05, 0) is 0 Å². The van der Waals surface area contributed by atoms with E-state index in [-0.39, 0.29) is 32.7 Å². The third-order valence-electron chi connectivity index (χ3n) is 1.60. The average Bonchev–Trinajstić information content (AvgIpc) is 2.21. The molecule has 1 radical (unpaired) electrons. The van der Waals surface area contributed by atoms with Gasteiger partial charge >= 0.3 is 0 Å². The summed E-state index contributed by atoms with van der Waals surface area (Å²) in [7, 11) is 0. The van der Waals surface area contributed by atoms with Gasteiger partial charge in [-0.15, -0.1) is 0 Å². The monoisotopic (exact) mass is 272 g/mol. The second kappa shape index (κ2) is 8.76. The molecule has 2 rings (SSSR count). The Kier molecular flexibility index (Phi) is 8.45. The summed E-state index contributed by atoms with van der Waals surface area (Å²) in [5, 5.41) is 0. The van der Waals surface area contributed by atoms with E-state index in [4.69, 9.17) is 0 Å². The van der Waals surface area contributed by atoms with Gasteiger partial charge in [0.15, 0.2) is 0 Å². The van der Waals surface area contributed by atoms with Crippen molar-refractivity contribution in [2.75, 3.05) is 0 Å². The third kappa shape index (κ3) is 7.41. The third-order valence-corrected chi connectivity index (χ3v) is 1.60. The Labute approximate surface area is 117 Å². The van der Waals surface area contributed by atoms with Gasteiger partial charge in [0.2, 0.25) is 0 Å². The maximum atomic E-state index is 3.95. The quantitative estimate of drug-likeness (QED) is 0.672. The molecule has 0 fully saturated rings. The molecule has 0 aliphatic carbocycles. The van der Waals surface area contributed by atoms with Crippen molar-refractivity contribution in [2.45, 2.75) is 13.8 Å². The zero-order valence-corrected chi connectivity index (χ0v) is 11.9. The number of rotatable bonds is 0. The Bertz CT molecular complexity index is 308. The van der Waals surface area contributed by atoms with Gasteiger partial charge in [-0.3, -0.25) is 0 Å². The molecule has 2 heteroatoms. The Morgan fingerprint density at radius 1 is 1.07 bits per heavy atom. The summed E-state index contributed by atoms with van der Waals surface area (Å²) in [6, 6.07) is 17.4. The smallest absolute Gasteiger partial charge is 0 e. The molecular weight excluding hydrogens is 259 g/mol. The molecule has 0 amide bonds. The van der Waals surface area contributed by atoms with E-state index < -0.39 is 0 Å². The van der Waals surface area contributed by atoms with Gasteiger partial charge in [-0.2, -0.15) is 54.1 Å². The number of benzene rings is 1. The summed E-state index contributed by atoms with van der Waals surface area (Å²) in [6.07, 6.45) is 1.73. The standard InChI is InChI=1S/C7H7.C6H6N.Y/c1-7-5-3-2-4-6-7;1-6-4-2-3-5-7-6;/h2-3,5-6H,1H3;3-5H,1H3;/q2*-1;. The molecule has 0 saturated heterocycles. The van der Waals surface area contributed by atoms with Gasteiger partial charge in [-0.1, -0.05) is 25.7 Å². The summed E-state index contributed by atoms with van der Waals surface area (Å²) < 4.78 is 0. The Hall–Kier alpha value is -0.526. The summed E-state index contributed by atoms with van der Waals surface area (Å²) in [5.41, 5.74) is 2.28. The predicted molar refractivity (Wildman–Crippen MR) is 57.8 cm³/mol. The second-order valence-electron chi connectivity index (χ2n) is 2.98. The van der Waals surface area contributed by atoms with E-state index in [0.29, 0.717) is 0 Å². The molecule has 1 aromatic heterocycles. The SMILES string of the molecule is Cc1c[c-]ccc1.Cc1c[c-]ccn1.[Y]. The maximum absolute atomic E-state index is 3.95. The number of hydrogen-bond acceptors (Lipinski definition) is 1. The molecule has 0 unspecified atom stereocenters. The maximum Gasteiger partial charge on any atom is 0 e. The number of hydrogen-bond donors (Lipinski definition) is 0. The van der Waals surface area contributed by atoms with Crippen LogP contribution in [0.1, 0.15) is 11.3 Å². The van der Waals surface area contributed by atoms with Crippen molar-refractivity contribution < 1.29 is 32.7 Å². The van der Waals surface area contributed by atoms with Crippen LogP contribution in [0.2, 0.25) is 0 Å². The first-order valence-electron chi connectivity index (χ1n) is 4.50. The fourth-order valence-corrected chi connectivity index (χ4v) is 0.887. The first kappa shape index (κ1) is 14.5. The molecule has 0 bridgehead atoms. The van der Waals surface area contributed by atoms with E-state index in [2.05, 4.69) is 30.1 Å². The van der Waals surface area contributed by atoms with Crippen LogP contribution in [-0.4, -0.2) is 4.98 Å². The Balaban J connectivity index is 0.000000245. The van der Waals surface area contributed by atoms with Crippen LogP contribution < -0.4 is 0 Å². The number of aromatic nitrogens is 1. The first-order chi connectivity index (χ1) is 6.79. The van der Waals surface area contributed by atoms with Crippen LogP contribution in [0.3, 0.4) is 0 Å². The van der Waals surface area contributed by atoms with Gasteiger partial charge in [0.1, 0.15) is 0 Å². The fourth-order valence-electron chi connectivity index (χ4n) is 0.887. The molecule has 1 aromatic carbocycles. The molecular formula is C13H13NY-2. The summed E-state index contributed by atoms with van der Waals surface area (Å²) in [5.74, 6) is 0. The van der Waals surface area contributed by atoms with E-state index in [1.54, 1.807) is 12.3 Å². The molecule has 0 spiro atoms. The molecule has 15 heavy (non-hydrogen) atoms. The zero-order valence-electron chi connectivity index (χ0n) is 9.07. The van der Waals surface area contributed by atoms with Crippen molar-refractivity contribution in [3.05, 3.63) is 66.0 Å². The van der Waals surface area contributed by atoms with E-state index in [0.717, 1.165) is 5.69 Å². The normalized spacial score (nSPS) is 8.13. The van der Waals surface area contributed by atoms with Crippen LogP contribution in [0.25, 0.3) is 0 Å². The summed E-state index contributed by atoms with van der Waals surface area (Å²) in [6.45, 7) is 3.99. The van der Waals surface area contributed by atoms with E-state index >= 15 is 0 Å². The van der Waals surface area contributed by atoms with Gasteiger partial charge in [0, 0.05) is 32.7 Å². The largest absolute Gasteiger partial charge is 0.388 e. The first-order valence-corrected chi connectivity index (χ1v) is 4.50. The van der Waals surface area contributed by atoms with Crippen molar-refractivity contribution in [3.63, 3.8) is 0 Å². The summed E-state index contributed by atoms with van der Waals surface area (Å²) in [4.78, 5) is 3.95. The second-order valence-corrected chi connectivity index (χ2v) is 2.98. The van der Waals surface area contributed by atoms with Gasteiger partial charge in [0.25, 0.3) is 0 Å². The van der Waals surface area contributed by atoms with Gasteiger partial charge in [-0.25, -0.2) is 0 Å². The van der Waals surface area contributed by atoms with Crippen LogP contribution in [0.4, 0.5) is 0 Å². The molecule has 1 heterocycles. The van der Waals surface area contributed by atoms with Crippen molar-refractivity contribution in [2.24, 2.45) is 0 Å². The van der Waals surface area contributed by atoms with Crippen molar-refractivity contribution in [1.29, 1.82) is 0 Å². The molecule has 1 nitrogen and oxygen atoms in total. The van der Waals surface area contributed by atoms with E-state index in [9.17, 15) is 0 Å². The van der Waals surface area contributed by atoms with Crippen LogP contribution in [0, 0.1) is 26.0 Å². The minimum Gasteiger partial charge on any atom is -0.388 e. The minimum absolute atomic E-state index is 0. The van der Waals surface area contributed by atoms with E-state index in [1.165, 1.54) is 5.56 Å².